The van der Waals surface area contributed by atoms with Crippen LogP contribution in [0.1, 0.15) is 47.1 Å². The van der Waals surface area contributed by atoms with E-state index in [0.29, 0.717) is 22.9 Å². The molecule has 1 aromatic carbocycles. The number of rotatable bonds is 5. The summed E-state index contributed by atoms with van der Waals surface area (Å²) in [6.07, 6.45) is 4.81. The molecule has 3 atom stereocenters. The highest BCUT2D eigenvalue weighted by Gasteiger charge is 2.39. The van der Waals surface area contributed by atoms with Crippen molar-refractivity contribution >= 4 is 23.5 Å². The van der Waals surface area contributed by atoms with Crippen LogP contribution in [-0.2, 0) is 0 Å². The Hall–Kier alpha value is -2.12. The number of hydrogen-bond donors (Lipinski definition) is 2. The number of benzene rings is 1. The van der Waals surface area contributed by atoms with Gasteiger partial charge >= 0.3 is 0 Å². The van der Waals surface area contributed by atoms with E-state index in [1.807, 2.05) is 12.1 Å². The highest BCUT2D eigenvalue weighted by molar-refractivity contribution is 7.99. The molecule has 2 saturated heterocycles. The number of fused-ring (bicyclic) bond motifs is 2. The first-order chi connectivity index (χ1) is 12.1. The molecule has 1 aromatic heterocycles. The number of Topliss-reactive ketones (excluding diaryl/α,β-unsaturated/α-hetero) is 1. The number of nitrogens with zero attached hydrogens (tertiary/aromatic N) is 1. The van der Waals surface area contributed by atoms with Crippen LogP contribution in [-0.4, -0.2) is 34.8 Å². The van der Waals surface area contributed by atoms with Crippen molar-refractivity contribution in [3.05, 3.63) is 41.8 Å². The summed E-state index contributed by atoms with van der Waals surface area (Å²) in [5, 5.41) is 7.07. The quantitative estimate of drug-likeness (QED) is 0.801. The average Bonchev–Trinajstić information content (AvgIpc) is 3.32. The van der Waals surface area contributed by atoms with Crippen molar-refractivity contribution in [3.8, 4) is 0 Å². The lowest BCUT2D eigenvalue weighted by atomic mass is 9.95. The zero-order valence-electron chi connectivity index (χ0n) is 13.8. The van der Waals surface area contributed by atoms with Crippen molar-refractivity contribution in [2.75, 3.05) is 0 Å². The van der Waals surface area contributed by atoms with Gasteiger partial charge in [-0.2, -0.15) is 0 Å². The molecule has 2 aliphatic heterocycles. The number of ketones is 1. The van der Waals surface area contributed by atoms with Gasteiger partial charge in [-0.15, -0.1) is 0 Å². The minimum absolute atomic E-state index is 0.0362. The number of carbonyl (C=O) groups excluding carboxylic acids is 2. The molecule has 1 amide bonds. The Labute approximate surface area is 149 Å². The maximum atomic E-state index is 12.4. The number of carbonyl (C=O) groups is 2. The van der Waals surface area contributed by atoms with E-state index in [2.05, 4.69) is 15.6 Å². The fourth-order valence-corrected chi connectivity index (χ4v) is 4.19. The molecule has 2 bridgehead atoms. The third-order valence-electron chi connectivity index (χ3n) is 4.77. The van der Waals surface area contributed by atoms with Crippen LogP contribution < -0.4 is 10.6 Å². The van der Waals surface area contributed by atoms with Gasteiger partial charge in [0.15, 0.2) is 11.5 Å². The van der Waals surface area contributed by atoms with Crippen LogP contribution in [0, 0.1) is 0 Å². The van der Waals surface area contributed by atoms with Crippen molar-refractivity contribution in [2.45, 2.75) is 54.4 Å². The van der Waals surface area contributed by atoms with Crippen LogP contribution in [0.4, 0.5) is 0 Å². The first-order valence-corrected chi connectivity index (χ1v) is 9.22. The summed E-state index contributed by atoms with van der Waals surface area (Å²) in [5.74, 6) is 0.0605. The first-order valence-electron chi connectivity index (χ1n) is 8.40. The predicted octanol–water partition coefficient (Wildman–Crippen LogP) is 2.65. The van der Waals surface area contributed by atoms with Crippen LogP contribution in [0.15, 0.2) is 45.0 Å². The number of nitrogens with one attached hydrogen (secondary N) is 2. The van der Waals surface area contributed by atoms with E-state index in [1.54, 1.807) is 12.1 Å². The number of hydrogen-bond acceptors (Lipinski definition) is 6. The second-order valence-electron chi connectivity index (χ2n) is 6.54. The molecule has 0 spiro atoms. The standard InChI is InChI=1S/C18H19N3O3S/c1-10(22)16-9-19-18(24-16)25-13-5-2-11(3-6-13)17(23)21-15-8-12-4-7-14(15)20-12/h2-3,5-6,9,12,14-15,20H,4,7-8H2,1H3,(H,21,23)/t12-,14+,15-/m1/s1. The topological polar surface area (TPSA) is 84.2 Å². The van der Waals surface area contributed by atoms with Gasteiger partial charge in [0.1, 0.15) is 0 Å². The van der Waals surface area contributed by atoms with Gasteiger partial charge in [0.05, 0.1) is 6.20 Å². The van der Waals surface area contributed by atoms with Gasteiger partial charge in [-0.1, -0.05) is 0 Å². The fraction of sp³-hybridized carbons (Fsp3) is 0.389. The summed E-state index contributed by atoms with van der Waals surface area (Å²) in [5.41, 5.74) is 0.643. The van der Waals surface area contributed by atoms with Crippen LogP contribution >= 0.6 is 11.8 Å². The summed E-state index contributed by atoms with van der Waals surface area (Å²) < 4.78 is 5.36. The molecular formula is C18H19N3O3S. The largest absolute Gasteiger partial charge is 0.428 e. The smallest absolute Gasteiger partial charge is 0.261 e. The van der Waals surface area contributed by atoms with Crippen LogP contribution in [0.3, 0.4) is 0 Å². The molecule has 2 aromatic rings. The number of oxazole rings is 1. The average molecular weight is 357 g/mol. The van der Waals surface area contributed by atoms with Crippen molar-refractivity contribution in [2.24, 2.45) is 0 Å². The lowest BCUT2D eigenvalue weighted by molar-refractivity contribution is 0.0929. The van der Waals surface area contributed by atoms with Gasteiger partial charge in [-0.05, 0) is 55.3 Å². The van der Waals surface area contributed by atoms with Crippen LogP contribution in [0.5, 0.6) is 0 Å². The Bertz CT molecular complexity index is 802. The van der Waals surface area contributed by atoms with E-state index in [-0.39, 0.29) is 23.5 Å². The predicted molar refractivity (Wildman–Crippen MR) is 92.9 cm³/mol. The Balaban J connectivity index is 1.37. The van der Waals surface area contributed by atoms with Gasteiger partial charge < -0.3 is 15.1 Å². The van der Waals surface area contributed by atoms with Gasteiger partial charge in [-0.3, -0.25) is 9.59 Å². The van der Waals surface area contributed by atoms with E-state index >= 15 is 0 Å². The van der Waals surface area contributed by atoms with E-state index in [4.69, 9.17) is 4.42 Å². The zero-order chi connectivity index (χ0) is 17.4. The zero-order valence-corrected chi connectivity index (χ0v) is 14.6. The summed E-state index contributed by atoms with van der Waals surface area (Å²) in [6, 6.07) is 8.53. The maximum Gasteiger partial charge on any atom is 0.261 e. The highest BCUT2D eigenvalue weighted by Crippen LogP contribution is 2.29. The molecule has 2 aliphatic rings. The van der Waals surface area contributed by atoms with Gasteiger partial charge in [0.2, 0.25) is 0 Å². The molecule has 6 nitrogen and oxygen atoms in total. The van der Waals surface area contributed by atoms with Crippen molar-refractivity contribution in [3.63, 3.8) is 0 Å². The molecule has 2 N–H and O–H groups in total. The molecule has 2 fully saturated rings. The molecule has 3 heterocycles. The van der Waals surface area contributed by atoms with Crippen molar-refractivity contribution in [1.29, 1.82) is 0 Å². The number of aromatic nitrogens is 1. The Morgan fingerprint density at radius 2 is 2.08 bits per heavy atom. The van der Waals surface area contributed by atoms with Crippen molar-refractivity contribution < 1.29 is 14.0 Å². The molecule has 0 saturated carbocycles. The summed E-state index contributed by atoms with van der Waals surface area (Å²) >= 11 is 1.32. The highest BCUT2D eigenvalue weighted by atomic mass is 32.2. The summed E-state index contributed by atoms with van der Waals surface area (Å²) in [4.78, 5) is 28.6. The molecule has 0 radical (unpaired) electrons. The number of amides is 1. The normalized spacial score (nSPS) is 24.4. The van der Waals surface area contributed by atoms with Crippen molar-refractivity contribution in [1.82, 2.24) is 15.6 Å². The molecule has 130 valence electrons. The lowest BCUT2D eigenvalue weighted by Crippen LogP contribution is -2.42. The van der Waals surface area contributed by atoms with E-state index in [1.165, 1.54) is 31.3 Å². The SMILES string of the molecule is CC(=O)c1cnc(Sc2ccc(C(=O)N[C@@H]3C[C@H]4CC[C@@H]3N4)cc2)o1. The molecule has 0 aliphatic carbocycles. The lowest BCUT2D eigenvalue weighted by Gasteiger charge is -2.21. The van der Waals surface area contributed by atoms with E-state index in [9.17, 15) is 9.59 Å². The fourth-order valence-electron chi connectivity index (χ4n) is 3.48. The van der Waals surface area contributed by atoms with Gasteiger partial charge in [0.25, 0.3) is 11.1 Å². The molecule has 4 rings (SSSR count). The third kappa shape index (κ3) is 3.48. The van der Waals surface area contributed by atoms with Gasteiger partial charge in [0, 0.05) is 35.5 Å². The Kier molecular flexibility index (Phi) is 4.35. The Morgan fingerprint density at radius 3 is 2.68 bits per heavy atom. The minimum atomic E-state index is -0.151. The van der Waals surface area contributed by atoms with Crippen LogP contribution in [0.2, 0.25) is 0 Å². The summed E-state index contributed by atoms with van der Waals surface area (Å²) in [7, 11) is 0. The monoisotopic (exact) mass is 357 g/mol. The van der Waals surface area contributed by atoms with Crippen LogP contribution in [0.25, 0.3) is 0 Å². The molecule has 25 heavy (non-hydrogen) atoms. The van der Waals surface area contributed by atoms with E-state index in [0.717, 1.165) is 17.7 Å². The first kappa shape index (κ1) is 16.4. The molecular weight excluding hydrogens is 338 g/mol. The minimum Gasteiger partial charge on any atom is -0.428 e. The summed E-state index contributed by atoms with van der Waals surface area (Å²) in [6.45, 7) is 1.44. The molecule has 7 heteroatoms. The maximum absolute atomic E-state index is 12.4. The third-order valence-corrected chi connectivity index (χ3v) is 5.64. The Morgan fingerprint density at radius 1 is 1.28 bits per heavy atom. The second-order valence-corrected chi connectivity index (χ2v) is 7.56. The van der Waals surface area contributed by atoms with E-state index < -0.39 is 0 Å². The second kappa shape index (κ2) is 6.65. The molecule has 0 unspecified atom stereocenters. The van der Waals surface area contributed by atoms with Gasteiger partial charge in [-0.25, -0.2) is 4.98 Å².